The third kappa shape index (κ3) is 2.23. The van der Waals surface area contributed by atoms with Gasteiger partial charge in [-0.15, -0.1) is 0 Å². The summed E-state index contributed by atoms with van der Waals surface area (Å²) in [5, 5.41) is 1.70. The second kappa shape index (κ2) is 4.87. The van der Waals surface area contributed by atoms with Gasteiger partial charge in [0.25, 0.3) is 0 Å². The lowest BCUT2D eigenvalue weighted by Crippen LogP contribution is -1.90. The zero-order valence-electron chi connectivity index (χ0n) is 6.81. The number of alkyl halides is 2. The summed E-state index contributed by atoms with van der Waals surface area (Å²) in [5.74, 6) is 0.948. The van der Waals surface area contributed by atoms with E-state index < -0.39 is 0 Å². The Morgan fingerprint density at radius 1 is 1.25 bits per heavy atom. The van der Waals surface area contributed by atoms with Crippen molar-refractivity contribution >= 4 is 31.9 Å². The van der Waals surface area contributed by atoms with E-state index in [1.165, 1.54) is 11.1 Å². The standard InChI is InChI=1S/C9H10Br2O/c1-12-9-4-7(5-10)2-3-8(9)6-11/h2-4H,5-6H2,1H3. The lowest BCUT2D eigenvalue weighted by molar-refractivity contribution is 0.411. The van der Waals surface area contributed by atoms with E-state index in [2.05, 4.69) is 44.0 Å². The number of ether oxygens (including phenoxy) is 1. The summed E-state index contributed by atoms with van der Waals surface area (Å²) in [6, 6.07) is 6.21. The predicted octanol–water partition coefficient (Wildman–Crippen LogP) is 3.49. The summed E-state index contributed by atoms with van der Waals surface area (Å²) in [6.45, 7) is 0. The summed E-state index contributed by atoms with van der Waals surface area (Å²) < 4.78 is 5.23. The average Bonchev–Trinajstić information content (AvgIpc) is 2.16. The van der Waals surface area contributed by atoms with Crippen LogP contribution in [0.15, 0.2) is 18.2 Å². The van der Waals surface area contributed by atoms with Crippen molar-refractivity contribution in [1.29, 1.82) is 0 Å². The van der Waals surface area contributed by atoms with Crippen LogP contribution in [0.3, 0.4) is 0 Å². The fraction of sp³-hybridized carbons (Fsp3) is 0.333. The Morgan fingerprint density at radius 3 is 2.50 bits per heavy atom. The van der Waals surface area contributed by atoms with Crippen molar-refractivity contribution in [2.24, 2.45) is 0 Å². The minimum absolute atomic E-state index is 0.832. The normalized spacial score (nSPS) is 9.92. The molecule has 66 valence electrons. The lowest BCUT2D eigenvalue weighted by Gasteiger charge is -2.06. The molecule has 0 aromatic heterocycles. The predicted molar refractivity (Wildman–Crippen MR) is 58.3 cm³/mol. The van der Waals surface area contributed by atoms with Crippen molar-refractivity contribution in [2.75, 3.05) is 7.11 Å². The highest BCUT2D eigenvalue weighted by atomic mass is 79.9. The fourth-order valence-electron chi connectivity index (χ4n) is 0.982. The molecule has 0 fully saturated rings. The molecule has 0 aliphatic rings. The topological polar surface area (TPSA) is 9.23 Å². The molecule has 0 N–H and O–H groups in total. The zero-order chi connectivity index (χ0) is 8.97. The van der Waals surface area contributed by atoms with Gasteiger partial charge in [0, 0.05) is 16.2 Å². The number of rotatable bonds is 3. The van der Waals surface area contributed by atoms with Crippen molar-refractivity contribution in [3.8, 4) is 5.75 Å². The molecule has 0 radical (unpaired) electrons. The van der Waals surface area contributed by atoms with Crippen molar-refractivity contribution in [3.05, 3.63) is 29.3 Å². The van der Waals surface area contributed by atoms with Crippen LogP contribution < -0.4 is 4.74 Å². The van der Waals surface area contributed by atoms with Crippen LogP contribution in [-0.2, 0) is 10.7 Å². The molecular formula is C9H10Br2O. The third-order valence-corrected chi connectivity index (χ3v) is 2.90. The summed E-state index contributed by atoms with van der Waals surface area (Å²) in [6.07, 6.45) is 0. The quantitative estimate of drug-likeness (QED) is 0.775. The van der Waals surface area contributed by atoms with E-state index in [-0.39, 0.29) is 0 Å². The van der Waals surface area contributed by atoms with Crippen LogP contribution in [0, 0.1) is 0 Å². The Kier molecular flexibility index (Phi) is 4.09. The highest BCUT2D eigenvalue weighted by Crippen LogP contribution is 2.23. The van der Waals surface area contributed by atoms with Gasteiger partial charge in [0.05, 0.1) is 7.11 Å². The SMILES string of the molecule is COc1cc(CBr)ccc1CBr. The van der Waals surface area contributed by atoms with E-state index in [9.17, 15) is 0 Å². The molecule has 0 spiro atoms. The van der Waals surface area contributed by atoms with E-state index in [4.69, 9.17) is 4.74 Å². The lowest BCUT2D eigenvalue weighted by atomic mass is 10.1. The van der Waals surface area contributed by atoms with Gasteiger partial charge < -0.3 is 4.74 Å². The van der Waals surface area contributed by atoms with Crippen molar-refractivity contribution in [2.45, 2.75) is 10.7 Å². The minimum Gasteiger partial charge on any atom is -0.496 e. The van der Waals surface area contributed by atoms with Crippen LogP contribution in [0.25, 0.3) is 0 Å². The zero-order valence-corrected chi connectivity index (χ0v) is 9.98. The molecule has 0 saturated heterocycles. The van der Waals surface area contributed by atoms with Gasteiger partial charge in [0.1, 0.15) is 5.75 Å². The first kappa shape index (κ1) is 10.1. The molecule has 0 aliphatic heterocycles. The molecule has 1 nitrogen and oxygen atoms in total. The van der Waals surface area contributed by atoms with Crippen molar-refractivity contribution < 1.29 is 4.74 Å². The number of halogens is 2. The molecule has 0 bridgehead atoms. The third-order valence-electron chi connectivity index (χ3n) is 1.65. The van der Waals surface area contributed by atoms with Gasteiger partial charge >= 0.3 is 0 Å². The van der Waals surface area contributed by atoms with E-state index in [0.29, 0.717) is 0 Å². The van der Waals surface area contributed by atoms with Gasteiger partial charge in [-0.2, -0.15) is 0 Å². The van der Waals surface area contributed by atoms with Crippen LogP contribution in [0.1, 0.15) is 11.1 Å². The molecule has 0 aliphatic carbocycles. The maximum absolute atomic E-state index is 5.23. The first-order valence-corrected chi connectivity index (χ1v) is 5.83. The van der Waals surface area contributed by atoms with Crippen LogP contribution in [0.2, 0.25) is 0 Å². The molecule has 1 aromatic carbocycles. The number of hydrogen-bond donors (Lipinski definition) is 0. The van der Waals surface area contributed by atoms with Gasteiger partial charge in [0.2, 0.25) is 0 Å². The van der Waals surface area contributed by atoms with Crippen molar-refractivity contribution in [1.82, 2.24) is 0 Å². The molecular weight excluding hydrogens is 284 g/mol. The number of hydrogen-bond acceptors (Lipinski definition) is 1. The van der Waals surface area contributed by atoms with Crippen molar-refractivity contribution in [3.63, 3.8) is 0 Å². The van der Waals surface area contributed by atoms with Crippen LogP contribution in [0.5, 0.6) is 5.75 Å². The Bertz CT molecular complexity index is 261. The molecule has 0 heterocycles. The van der Waals surface area contributed by atoms with E-state index in [1.807, 2.05) is 6.07 Å². The Balaban J connectivity index is 3.02. The minimum atomic E-state index is 0.832. The molecule has 12 heavy (non-hydrogen) atoms. The van der Waals surface area contributed by atoms with Crippen LogP contribution in [-0.4, -0.2) is 7.11 Å². The summed E-state index contributed by atoms with van der Waals surface area (Å²) in [5.41, 5.74) is 2.42. The molecule has 0 atom stereocenters. The summed E-state index contributed by atoms with van der Waals surface area (Å²) >= 11 is 6.80. The Hall–Kier alpha value is -0.0200. The van der Waals surface area contributed by atoms with Crippen LogP contribution >= 0.6 is 31.9 Å². The molecule has 0 unspecified atom stereocenters. The van der Waals surface area contributed by atoms with E-state index in [0.717, 1.165) is 16.4 Å². The molecule has 3 heteroatoms. The molecule has 1 aromatic rings. The first-order chi connectivity index (χ1) is 5.81. The van der Waals surface area contributed by atoms with Gasteiger partial charge in [-0.1, -0.05) is 44.0 Å². The maximum Gasteiger partial charge on any atom is 0.123 e. The Morgan fingerprint density at radius 2 is 2.00 bits per heavy atom. The second-order valence-corrected chi connectivity index (χ2v) is 3.53. The van der Waals surface area contributed by atoms with Gasteiger partial charge in [-0.3, -0.25) is 0 Å². The highest BCUT2D eigenvalue weighted by Gasteiger charge is 2.01. The van der Waals surface area contributed by atoms with E-state index in [1.54, 1.807) is 7.11 Å². The summed E-state index contributed by atoms with van der Waals surface area (Å²) in [7, 11) is 1.69. The van der Waals surface area contributed by atoms with Gasteiger partial charge in [-0.25, -0.2) is 0 Å². The number of benzene rings is 1. The van der Waals surface area contributed by atoms with Gasteiger partial charge in [0.15, 0.2) is 0 Å². The maximum atomic E-state index is 5.23. The number of methoxy groups -OCH3 is 1. The van der Waals surface area contributed by atoms with Gasteiger partial charge in [-0.05, 0) is 11.6 Å². The monoisotopic (exact) mass is 292 g/mol. The largest absolute Gasteiger partial charge is 0.496 e. The second-order valence-electron chi connectivity index (χ2n) is 2.41. The first-order valence-electron chi connectivity index (χ1n) is 3.59. The molecule has 0 amide bonds. The highest BCUT2D eigenvalue weighted by molar-refractivity contribution is 9.08. The van der Waals surface area contributed by atoms with E-state index >= 15 is 0 Å². The molecule has 0 saturated carbocycles. The fourth-order valence-corrected chi connectivity index (χ4v) is 1.79. The van der Waals surface area contributed by atoms with Crippen LogP contribution in [0.4, 0.5) is 0 Å². The molecule has 1 rings (SSSR count). The smallest absolute Gasteiger partial charge is 0.123 e. The Labute approximate surface area is 89.4 Å². The summed E-state index contributed by atoms with van der Waals surface area (Å²) in [4.78, 5) is 0. The average molecular weight is 294 g/mol.